The molecule has 0 saturated heterocycles. The Balaban J connectivity index is 2.50. The first-order chi connectivity index (χ1) is 7.56. The van der Waals surface area contributed by atoms with Gasteiger partial charge in [-0.15, -0.1) is 0 Å². The normalized spacial score (nSPS) is 26.4. The van der Waals surface area contributed by atoms with Crippen LogP contribution in [0.15, 0.2) is 0 Å². The molecule has 2 N–H and O–H groups in total. The summed E-state index contributed by atoms with van der Waals surface area (Å²) in [5.74, 6) is -0.610. The van der Waals surface area contributed by atoms with Crippen LogP contribution in [0.2, 0.25) is 0 Å². The van der Waals surface area contributed by atoms with Gasteiger partial charge in [-0.25, -0.2) is 4.79 Å². The molecule has 0 aromatic carbocycles. The van der Waals surface area contributed by atoms with Gasteiger partial charge in [-0.2, -0.15) is 0 Å². The van der Waals surface area contributed by atoms with Crippen LogP contribution in [0.3, 0.4) is 0 Å². The molecule has 0 spiro atoms. The number of rotatable bonds is 5. The van der Waals surface area contributed by atoms with E-state index in [0.717, 1.165) is 25.7 Å². The Bertz CT molecular complexity index is 265. The monoisotopic (exact) mass is 227 g/mol. The number of hydrogen-bond acceptors (Lipinski definition) is 2. The maximum Gasteiger partial charge on any atom is 0.326 e. The van der Waals surface area contributed by atoms with Crippen LogP contribution in [0.1, 0.15) is 46.0 Å². The van der Waals surface area contributed by atoms with E-state index in [1.54, 1.807) is 0 Å². The Morgan fingerprint density at radius 3 is 2.56 bits per heavy atom. The summed E-state index contributed by atoms with van der Waals surface area (Å²) in [5.41, 5.74) is 0. The van der Waals surface area contributed by atoms with Gasteiger partial charge in [-0.05, 0) is 25.2 Å². The summed E-state index contributed by atoms with van der Waals surface area (Å²) in [6, 6.07) is -0.717. The third-order valence-corrected chi connectivity index (χ3v) is 3.39. The molecule has 16 heavy (non-hydrogen) atoms. The van der Waals surface area contributed by atoms with Gasteiger partial charge in [0.05, 0.1) is 0 Å². The highest BCUT2D eigenvalue weighted by atomic mass is 16.4. The van der Waals surface area contributed by atoms with Gasteiger partial charge in [0.15, 0.2) is 0 Å². The maximum absolute atomic E-state index is 11.9. The van der Waals surface area contributed by atoms with Crippen molar-refractivity contribution < 1.29 is 14.7 Å². The van der Waals surface area contributed by atoms with Crippen LogP contribution < -0.4 is 5.32 Å². The average molecular weight is 227 g/mol. The molecule has 3 unspecified atom stereocenters. The van der Waals surface area contributed by atoms with Crippen molar-refractivity contribution in [1.29, 1.82) is 0 Å². The lowest BCUT2D eigenvalue weighted by atomic mass is 9.96. The largest absolute Gasteiger partial charge is 0.480 e. The van der Waals surface area contributed by atoms with E-state index >= 15 is 0 Å². The van der Waals surface area contributed by atoms with Crippen LogP contribution in [0.4, 0.5) is 0 Å². The van der Waals surface area contributed by atoms with Crippen molar-refractivity contribution in [2.24, 2.45) is 11.8 Å². The van der Waals surface area contributed by atoms with Crippen LogP contribution >= 0.6 is 0 Å². The van der Waals surface area contributed by atoms with Crippen molar-refractivity contribution in [2.45, 2.75) is 52.0 Å². The summed E-state index contributed by atoms with van der Waals surface area (Å²) in [4.78, 5) is 22.8. The van der Waals surface area contributed by atoms with E-state index in [2.05, 4.69) is 12.2 Å². The van der Waals surface area contributed by atoms with Crippen molar-refractivity contribution >= 4 is 11.9 Å². The van der Waals surface area contributed by atoms with E-state index < -0.39 is 12.0 Å². The summed E-state index contributed by atoms with van der Waals surface area (Å²) in [7, 11) is 0. The van der Waals surface area contributed by atoms with Gasteiger partial charge in [0.1, 0.15) is 6.04 Å². The molecule has 4 heteroatoms. The molecule has 0 aromatic rings. The Morgan fingerprint density at radius 1 is 1.44 bits per heavy atom. The predicted molar refractivity (Wildman–Crippen MR) is 61.0 cm³/mol. The van der Waals surface area contributed by atoms with Crippen molar-refractivity contribution in [3.8, 4) is 0 Å². The van der Waals surface area contributed by atoms with Crippen molar-refractivity contribution in [3.63, 3.8) is 0 Å². The molecule has 3 atom stereocenters. The molecule has 0 aliphatic heterocycles. The first kappa shape index (κ1) is 13.0. The Kier molecular flexibility index (Phi) is 4.77. The third kappa shape index (κ3) is 3.22. The van der Waals surface area contributed by atoms with Gasteiger partial charge >= 0.3 is 5.97 Å². The number of aliphatic carboxylic acids is 1. The minimum absolute atomic E-state index is 0.0127. The zero-order chi connectivity index (χ0) is 12.1. The van der Waals surface area contributed by atoms with E-state index in [4.69, 9.17) is 5.11 Å². The lowest BCUT2D eigenvalue weighted by Gasteiger charge is -2.19. The molecule has 92 valence electrons. The lowest BCUT2D eigenvalue weighted by Crippen LogP contribution is -2.44. The molecular weight excluding hydrogens is 206 g/mol. The number of amides is 1. The van der Waals surface area contributed by atoms with Gasteiger partial charge in [-0.1, -0.05) is 26.7 Å². The molecule has 1 aliphatic rings. The summed E-state index contributed by atoms with van der Waals surface area (Å²) in [6.45, 7) is 3.98. The van der Waals surface area contributed by atoms with Gasteiger partial charge in [0, 0.05) is 5.92 Å². The second-order valence-corrected chi connectivity index (χ2v) is 4.70. The van der Waals surface area contributed by atoms with Gasteiger partial charge < -0.3 is 10.4 Å². The highest BCUT2D eigenvalue weighted by Crippen LogP contribution is 2.31. The SMILES string of the molecule is CCCC(NC(=O)C1CCCC1C)C(=O)O. The fraction of sp³-hybridized carbons (Fsp3) is 0.833. The van der Waals surface area contributed by atoms with E-state index in [1.165, 1.54) is 0 Å². The van der Waals surface area contributed by atoms with E-state index in [9.17, 15) is 9.59 Å². The predicted octanol–water partition coefficient (Wildman–Crippen LogP) is 1.79. The number of carbonyl (C=O) groups excluding carboxylic acids is 1. The fourth-order valence-electron chi connectivity index (χ4n) is 2.36. The molecule has 0 heterocycles. The number of carboxylic acid groups (broad SMARTS) is 1. The van der Waals surface area contributed by atoms with Crippen LogP contribution in [0.25, 0.3) is 0 Å². The highest BCUT2D eigenvalue weighted by Gasteiger charge is 2.31. The quantitative estimate of drug-likeness (QED) is 0.752. The summed E-state index contributed by atoms with van der Waals surface area (Å²) >= 11 is 0. The number of carboxylic acids is 1. The van der Waals surface area contributed by atoms with Gasteiger partial charge in [0.25, 0.3) is 0 Å². The van der Waals surface area contributed by atoms with Crippen molar-refractivity contribution in [3.05, 3.63) is 0 Å². The first-order valence-electron chi connectivity index (χ1n) is 6.09. The van der Waals surface area contributed by atoms with Crippen LogP contribution in [0.5, 0.6) is 0 Å². The molecular formula is C12H21NO3. The highest BCUT2D eigenvalue weighted by molar-refractivity contribution is 5.85. The summed E-state index contributed by atoms with van der Waals surface area (Å²) in [5, 5.41) is 11.6. The number of carbonyl (C=O) groups is 2. The summed E-state index contributed by atoms with van der Waals surface area (Å²) in [6.07, 6.45) is 4.31. The summed E-state index contributed by atoms with van der Waals surface area (Å²) < 4.78 is 0. The molecule has 1 rings (SSSR count). The lowest BCUT2D eigenvalue weighted by molar-refractivity contribution is -0.142. The first-order valence-corrected chi connectivity index (χ1v) is 6.09. The smallest absolute Gasteiger partial charge is 0.326 e. The second-order valence-electron chi connectivity index (χ2n) is 4.70. The molecule has 0 radical (unpaired) electrons. The van der Waals surface area contributed by atoms with Crippen LogP contribution in [-0.2, 0) is 9.59 Å². The average Bonchev–Trinajstić information content (AvgIpc) is 2.63. The minimum Gasteiger partial charge on any atom is -0.480 e. The Morgan fingerprint density at radius 2 is 2.12 bits per heavy atom. The minimum atomic E-state index is -0.930. The molecule has 1 amide bonds. The van der Waals surface area contributed by atoms with E-state index in [1.807, 2.05) is 6.92 Å². The van der Waals surface area contributed by atoms with E-state index in [-0.39, 0.29) is 11.8 Å². The van der Waals surface area contributed by atoms with Gasteiger partial charge in [-0.3, -0.25) is 4.79 Å². The zero-order valence-electron chi connectivity index (χ0n) is 10.0. The van der Waals surface area contributed by atoms with E-state index in [0.29, 0.717) is 12.3 Å². The molecule has 1 fully saturated rings. The van der Waals surface area contributed by atoms with Crippen LogP contribution in [0, 0.1) is 11.8 Å². The number of nitrogens with one attached hydrogen (secondary N) is 1. The topological polar surface area (TPSA) is 66.4 Å². The number of hydrogen-bond donors (Lipinski definition) is 2. The standard InChI is InChI=1S/C12H21NO3/c1-3-5-10(12(15)16)13-11(14)9-7-4-6-8(9)2/h8-10H,3-7H2,1-2H3,(H,13,14)(H,15,16). The van der Waals surface area contributed by atoms with Crippen molar-refractivity contribution in [2.75, 3.05) is 0 Å². The molecule has 0 bridgehead atoms. The molecule has 1 aliphatic carbocycles. The Labute approximate surface area is 96.4 Å². The fourth-order valence-corrected chi connectivity index (χ4v) is 2.36. The van der Waals surface area contributed by atoms with Crippen LogP contribution in [-0.4, -0.2) is 23.0 Å². The zero-order valence-corrected chi connectivity index (χ0v) is 10.0. The van der Waals surface area contributed by atoms with Gasteiger partial charge in [0.2, 0.25) is 5.91 Å². The Hall–Kier alpha value is -1.06. The maximum atomic E-state index is 11.9. The molecule has 0 aromatic heterocycles. The molecule has 4 nitrogen and oxygen atoms in total. The third-order valence-electron chi connectivity index (χ3n) is 3.39. The second kappa shape index (κ2) is 5.87. The van der Waals surface area contributed by atoms with Crippen molar-refractivity contribution in [1.82, 2.24) is 5.32 Å². The molecule has 1 saturated carbocycles.